The van der Waals surface area contributed by atoms with E-state index in [0.29, 0.717) is 6.61 Å². The maximum Gasteiger partial charge on any atom is 0.144 e. The van der Waals surface area contributed by atoms with Crippen molar-refractivity contribution in [3.63, 3.8) is 0 Å². The van der Waals surface area contributed by atoms with Crippen LogP contribution in [-0.2, 0) is 4.74 Å². The van der Waals surface area contributed by atoms with E-state index in [9.17, 15) is 5.11 Å². The summed E-state index contributed by atoms with van der Waals surface area (Å²) in [6, 6.07) is 9.93. The van der Waals surface area contributed by atoms with Gasteiger partial charge in [0.05, 0.1) is 28.4 Å². The van der Waals surface area contributed by atoms with Crippen LogP contribution in [0.5, 0.6) is 0 Å². The summed E-state index contributed by atoms with van der Waals surface area (Å²) in [4.78, 5) is 12.1. The van der Waals surface area contributed by atoms with Gasteiger partial charge in [0.15, 0.2) is 0 Å². The average molecular weight is 506 g/mol. The van der Waals surface area contributed by atoms with Crippen molar-refractivity contribution < 1.29 is 9.84 Å². The van der Waals surface area contributed by atoms with Gasteiger partial charge in [0, 0.05) is 43.0 Å². The van der Waals surface area contributed by atoms with Gasteiger partial charge in [-0.05, 0) is 25.8 Å². The Balaban J connectivity index is 1.42. The SMILES string of the molecule is CC1NN2C=CC(OCCN3CCC(O)CC3)=CC2=C1c1nc(-c2ccccc2)c(C(N)=NC=N)s1. The lowest BCUT2D eigenvalue weighted by Crippen LogP contribution is -2.37. The van der Waals surface area contributed by atoms with Crippen molar-refractivity contribution in [2.45, 2.75) is 31.9 Å². The molecule has 3 aliphatic heterocycles. The standard InChI is InChI=1S/C26H31N7O2S/c1-17-22(26-30-23(18-5-3-2-4-6-18)24(36-26)25(28)29-16-27)21-15-20(9-12-33(21)31-17)35-14-13-32-10-7-19(34)8-11-32/h2-6,9,12,15-17,19,31,34H,7-8,10-11,13-14H2,1H3,(H3,27,28,29). The van der Waals surface area contributed by atoms with Crippen molar-refractivity contribution in [2.75, 3.05) is 26.2 Å². The highest BCUT2D eigenvalue weighted by Crippen LogP contribution is 2.38. The molecule has 5 rings (SSSR count). The van der Waals surface area contributed by atoms with Gasteiger partial charge in [-0.1, -0.05) is 30.3 Å². The van der Waals surface area contributed by atoms with E-state index in [-0.39, 0.29) is 18.0 Å². The summed E-state index contributed by atoms with van der Waals surface area (Å²) < 4.78 is 6.11. The maximum absolute atomic E-state index is 9.70. The third-order valence-electron chi connectivity index (χ3n) is 6.54. The second-order valence-corrected chi connectivity index (χ2v) is 10.0. The molecule has 3 aliphatic rings. The minimum absolute atomic E-state index is 0.0311. The fraction of sp³-hybridized carbons (Fsp3) is 0.346. The molecule has 1 saturated heterocycles. The first kappa shape index (κ1) is 24.4. The van der Waals surface area contributed by atoms with Crippen LogP contribution in [0.15, 0.2) is 65.1 Å². The fourth-order valence-electron chi connectivity index (χ4n) is 4.64. The third kappa shape index (κ3) is 5.12. The molecule has 1 atom stereocenters. The van der Waals surface area contributed by atoms with E-state index in [1.165, 1.54) is 11.3 Å². The number of piperidine rings is 1. The zero-order valence-corrected chi connectivity index (χ0v) is 21.0. The Morgan fingerprint density at radius 3 is 2.86 bits per heavy atom. The van der Waals surface area contributed by atoms with Crippen LogP contribution in [0.1, 0.15) is 29.7 Å². The van der Waals surface area contributed by atoms with Crippen molar-refractivity contribution >= 4 is 29.1 Å². The molecule has 36 heavy (non-hydrogen) atoms. The summed E-state index contributed by atoms with van der Waals surface area (Å²) in [5.74, 6) is 1.08. The number of aromatic nitrogens is 1. The first-order valence-electron chi connectivity index (χ1n) is 12.2. The normalized spacial score (nSPS) is 21.1. The molecular formula is C26H31N7O2S. The summed E-state index contributed by atoms with van der Waals surface area (Å²) in [5.41, 5.74) is 13.5. The van der Waals surface area contributed by atoms with Crippen molar-refractivity contribution in [1.82, 2.24) is 20.3 Å². The smallest absolute Gasteiger partial charge is 0.144 e. The third-order valence-corrected chi connectivity index (χ3v) is 7.65. The zero-order chi connectivity index (χ0) is 25.1. The lowest BCUT2D eigenvalue weighted by atomic mass is 10.1. The minimum Gasteiger partial charge on any atom is -0.492 e. The highest BCUT2D eigenvalue weighted by Gasteiger charge is 2.32. The number of aliphatic imine (C=N–C) groups is 1. The largest absolute Gasteiger partial charge is 0.492 e. The highest BCUT2D eigenvalue weighted by atomic mass is 32.1. The fourth-order valence-corrected chi connectivity index (χ4v) is 5.78. The van der Waals surface area contributed by atoms with Crippen LogP contribution >= 0.6 is 11.3 Å². The number of fused-ring (bicyclic) bond motifs is 1. The number of rotatable bonds is 8. The van der Waals surface area contributed by atoms with Gasteiger partial charge in [0.25, 0.3) is 0 Å². The molecule has 5 N–H and O–H groups in total. The monoisotopic (exact) mass is 505 g/mol. The minimum atomic E-state index is -0.167. The van der Waals surface area contributed by atoms with Crippen LogP contribution < -0.4 is 11.2 Å². The molecular weight excluding hydrogens is 474 g/mol. The highest BCUT2D eigenvalue weighted by molar-refractivity contribution is 7.15. The van der Waals surface area contributed by atoms with Crippen LogP contribution in [0.4, 0.5) is 0 Å². The molecule has 1 unspecified atom stereocenters. The predicted octanol–water partition coefficient (Wildman–Crippen LogP) is 2.93. The Labute approximate surface area is 214 Å². The van der Waals surface area contributed by atoms with Crippen LogP contribution in [0.3, 0.4) is 0 Å². The molecule has 4 heterocycles. The van der Waals surface area contributed by atoms with E-state index >= 15 is 0 Å². The number of benzene rings is 1. The second kappa shape index (κ2) is 10.8. The molecule has 0 amide bonds. The van der Waals surface area contributed by atoms with Crippen LogP contribution in [-0.4, -0.2) is 70.6 Å². The molecule has 0 radical (unpaired) electrons. The summed E-state index contributed by atoms with van der Waals surface area (Å²) in [5, 5.41) is 19.9. The lowest BCUT2D eigenvalue weighted by Gasteiger charge is -2.29. The molecule has 0 spiro atoms. The van der Waals surface area contributed by atoms with Gasteiger partial charge < -0.3 is 15.6 Å². The van der Waals surface area contributed by atoms with Gasteiger partial charge >= 0.3 is 0 Å². The Morgan fingerprint density at radius 2 is 2.11 bits per heavy atom. The summed E-state index contributed by atoms with van der Waals surface area (Å²) >= 11 is 1.48. The van der Waals surface area contributed by atoms with Gasteiger partial charge in [-0.3, -0.25) is 15.3 Å². The number of nitrogens with two attached hydrogens (primary N) is 1. The lowest BCUT2D eigenvalue weighted by molar-refractivity contribution is 0.0692. The van der Waals surface area contributed by atoms with Crippen LogP contribution in [0.2, 0.25) is 0 Å². The molecule has 0 bridgehead atoms. The topological polar surface area (TPSA) is 123 Å². The Bertz CT molecular complexity index is 1230. The Kier molecular flexibility index (Phi) is 7.28. The first-order chi connectivity index (χ1) is 17.5. The van der Waals surface area contributed by atoms with E-state index in [4.69, 9.17) is 20.9 Å². The van der Waals surface area contributed by atoms with Crippen molar-refractivity contribution in [3.8, 4) is 11.3 Å². The number of hydrazine groups is 1. The number of nitrogens with one attached hydrogen (secondary N) is 2. The van der Waals surface area contributed by atoms with Gasteiger partial charge in [-0.2, -0.15) is 0 Å². The van der Waals surface area contributed by atoms with Gasteiger partial charge in [-0.15, -0.1) is 11.3 Å². The average Bonchev–Trinajstić information content (AvgIpc) is 3.46. The summed E-state index contributed by atoms with van der Waals surface area (Å²) in [6.45, 7) is 5.35. The maximum atomic E-state index is 9.70. The molecule has 188 valence electrons. The number of amidine groups is 1. The number of aliphatic hydroxyl groups excluding tert-OH is 1. The quantitative estimate of drug-likeness (QED) is 0.321. The number of allylic oxidation sites excluding steroid dienone is 2. The van der Waals surface area contributed by atoms with Crippen LogP contribution in [0, 0.1) is 5.41 Å². The molecule has 1 aromatic heterocycles. The number of hydrogen-bond acceptors (Lipinski definition) is 8. The number of aliphatic hydroxyl groups is 1. The summed E-state index contributed by atoms with van der Waals surface area (Å²) in [7, 11) is 0. The van der Waals surface area contributed by atoms with Crippen molar-refractivity contribution in [1.29, 1.82) is 5.41 Å². The summed E-state index contributed by atoms with van der Waals surface area (Å²) in [6.07, 6.45) is 8.42. The van der Waals surface area contributed by atoms with E-state index < -0.39 is 0 Å². The molecule has 1 aromatic carbocycles. The van der Waals surface area contributed by atoms with Crippen LogP contribution in [0.25, 0.3) is 16.8 Å². The van der Waals surface area contributed by atoms with E-state index in [1.807, 2.05) is 53.7 Å². The molecule has 0 saturated carbocycles. The van der Waals surface area contributed by atoms with E-state index in [1.54, 1.807) is 0 Å². The van der Waals surface area contributed by atoms with Gasteiger partial charge in [0.1, 0.15) is 29.5 Å². The zero-order valence-electron chi connectivity index (χ0n) is 20.2. The number of ether oxygens (including phenoxy) is 1. The molecule has 10 heteroatoms. The van der Waals surface area contributed by atoms with Crippen molar-refractivity contribution in [3.05, 3.63) is 70.0 Å². The number of likely N-dealkylation sites (tertiary alicyclic amines) is 1. The van der Waals surface area contributed by atoms with Crippen molar-refractivity contribution in [2.24, 2.45) is 10.7 Å². The van der Waals surface area contributed by atoms with E-state index in [0.717, 1.165) is 77.0 Å². The number of hydrogen-bond donors (Lipinski definition) is 4. The molecule has 0 aliphatic carbocycles. The van der Waals surface area contributed by atoms with E-state index in [2.05, 4.69) is 22.2 Å². The number of thiazole rings is 1. The molecule has 9 nitrogen and oxygen atoms in total. The Hall–Kier alpha value is -3.31. The first-order valence-corrected chi connectivity index (χ1v) is 13.0. The molecule has 2 aromatic rings. The van der Waals surface area contributed by atoms with Gasteiger partial charge in [-0.25, -0.2) is 15.4 Å². The Morgan fingerprint density at radius 1 is 1.33 bits per heavy atom. The number of nitrogens with zero attached hydrogens (tertiary/aromatic N) is 4. The second-order valence-electron chi connectivity index (χ2n) is 9.01. The predicted molar refractivity (Wildman–Crippen MR) is 143 cm³/mol. The molecule has 1 fully saturated rings. The van der Waals surface area contributed by atoms with Gasteiger partial charge in [0.2, 0.25) is 0 Å².